The Kier molecular flexibility index (Phi) is 4.38. The van der Waals surface area contributed by atoms with Crippen LogP contribution in [0.2, 0.25) is 0 Å². The number of carbonyl (C=O) groups is 1. The van der Waals surface area contributed by atoms with Crippen LogP contribution in [0, 0.1) is 5.92 Å². The molecule has 0 aromatic rings. The van der Waals surface area contributed by atoms with Crippen LogP contribution in [0.15, 0.2) is 11.8 Å². The fraction of sp³-hybridized carbons (Fsp3) is 0.727. The quantitative estimate of drug-likeness (QED) is 0.541. The molecule has 0 heterocycles. The molecular formula is C11H15F3O2. The maximum Gasteiger partial charge on any atom is 0.449 e. The van der Waals surface area contributed by atoms with E-state index in [1.165, 1.54) is 0 Å². The van der Waals surface area contributed by atoms with Gasteiger partial charge in [-0.05, 0) is 24.8 Å². The third-order valence-electron chi connectivity index (χ3n) is 2.57. The average molecular weight is 236 g/mol. The van der Waals surface area contributed by atoms with Gasteiger partial charge in [-0.1, -0.05) is 19.3 Å². The largest absolute Gasteiger partial charge is 0.449 e. The van der Waals surface area contributed by atoms with Crippen molar-refractivity contribution in [1.29, 1.82) is 0 Å². The Morgan fingerprint density at radius 2 is 1.81 bits per heavy atom. The molecule has 0 aliphatic heterocycles. The van der Waals surface area contributed by atoms with E-state index in [9.17, 15) is 18.0 Å². The lowest BCUT2D eigenvalue weighted by molar-refractivity contribution is -0.158. The number of hydrogen-bond donors (Lipinski definition) is 0. The molecule has 1 saturated carbocycles. The number of rotatable bonds is 2. The summed E-state index contributed by atoms with van der Waals surface area (Å²) in [5, 5.41) is 0. The SMILES string of the molecule is CC(=O)OC(=CC1CCCCC1)C(F)(F)F. The molecule has 5 heteroatoms. The van der Waals surface area contributed by atoms with Crippen LogP contribution in [0.3, 0.4) is 0 Å². The molecule has 1 aliphatic rings. The number of carbonyl (C=O) groups excluding carboxylic acids is 1. The fourth-order valence-corrected chi connectivity index (χ4v) is 1.86. The van der Waals surface area contributed by atoms with E-state index >= 15 is 0 Å². The Labute approximate surface area is 92.5 Å². The Morgan fingerprint density at radius 3 is 2.25 bits per heavy atom. The standard InChI is InChI=1S/C11H15F3O2/c1-8(15)16-10(11(12,13)14)7-9-5-3-2-4-6-9/h7,9H,2-6H2,1H3. The number of ether oxygens (including phenoxy) is 1. The Bertz CT molecular complexity index is 275. The summed E-state index contributed by atoms with van der Waals surface area (Å²) in [7, 11) is 0. The smallest absolute Gasteiger partial charge is 0.422 e. The zero-order valence-corrected chi connectivity index (χ0v) is 9.14. The van der Waals surface area contributed by atoms with Gasteiger partial charge in [-0.15, -0.1) is 0 Å². The summed E-state index contributed by atoms with van der Waals surface area (Å²) in [6.45, 7) is 0.973. The van der Waals surface area contributed by atoms with Gasteiger partial charge >= 0.3 is 12.1 Å². The third-order valence-corrected chi connectivity index (χ3v) is 2.57. The van der Waals surface area contributed by atoms with E-state index in [0.717, 1.165) is 45.1 Å². The minimum atomic E-state index is -4.58. The minimum Gasteiger partial charge on any atom is -0.422 e. The highest BCUT2D eigenvalue weighted by Crippen LogP contribution is 2.32. The molecule has 0 radical (unpaired) electrons. The van der Waals surface area contributed by atoms with Crippen molar-refractivity contribution in [3.8, 4) is 0 Å². The van der Waals surface area contributed by atoms with E-state index in [-0.39, 0.29) is 5.92 Å². The van der Waals surface area contributed by atoms with Crippen LogP contribution in [-0.4, -0.2) is 12.1 Å². The van der Waals surface area contributed by atoms with Gasteiger partial charge in [-0.25, -0.2) is 0 Å². The monoisotopic (exact) mass is 236 g/mol. The van der Waals surface area contributed by atoms with Gasteiger partial charge in [0.15, 0.2) is 0 Å². The predicted octanol–water partition coefficient (Wildman–Crippen LogP) is 3.58. The van der Waals surface area contributed by atoms with Gasteiger partial charge < -0.3 is 4.74 Å². The van der Waals surface area contributed by atoms with Crippen molar-refractivity contribution in [2.24, 2.45) is 5.92 Å². The maximum atomic E-state index is 12.5. The highest BCUT2D eigenvalue weighted by atomic mass is 19.4. The third kappa shape index (κ3) is 4.24. The minimum absolute atomic E-state index is 0.121. The summed E-state index contributed by atoms with van der Waals surface area (Å²) < 4.78 is 41.7. The summed E-state index contributed by atoms with van der Waals surface area (Å²) in [5.41, 5.74) is 0. The van der Waals surface area contributed by atoms with Gasteiger partial charge in [-0.2, -0.15) is 13.2 Å². The second-order valence-electron chi connectivity index (χ2n) is 4.02. The number of esters is 1. The van der Waals surface area contributed by atoms with Gasteiger partial charge in [-0.3, -0.25) is 4.79 Å². The Balaban J connectivity index is 2.73. The second-order valence-corrected chi connectivity index (χ2v) is 4.02. The molecule has 0 amide bonds. The molecular weight excluding hydrogens is 221 g/mol. The predicted molar refractivity (Wildman–Crippen MR) is 52.5 cm³/mol. The summed E-state index contributed by atoms with van der Waals surface area (Å²) in [5.74, 6) is -2.21. The van der Waals surface area contributed by atoms with Crippen LogP contribution >= 0.6 is 0 Å². The highest BCUT2D eigenvalue weighted by Gasteiger charge is 2.37. The average Bonchev–Trinajstić information content (AvgIpc) is 2.16. The molecule has 0 unspecified atom stereocenters. The number of hydrogen-bond acceptors (Lipinski definition) is 2. The molecule has 0 N–H and O–H groups in total. The van der Waals surface area contributed by atoms with Crippen molar-refractivity contribution in [1.82, 2.24) is 0 Å². The van der Waals surface area contributed by atoms with Crippen LogP contribution in [-0.2, 0) is 9.53 Å². The lowest BCUT2D eigenvalue weighted by Gasteiger charge is -2.20. The van der Waals surface area contributed by atoms with Gasteiger partial charge in [0, 0.05) is 6.92 Å². The first-order chi connectivity index (χ1) is 7.39. The van der Waals surface area contributed by atoms with Crippen LogP contribution in [0.5, 0.6) is 0 Å². The van der Waals surface area contributed by atoms with Crippen molar-refractivity contribution in [3.05, 3.63) is 11.8 Å². The topological polar surface area (TPSA) is 26.3 Å². The van der Waals surface area contributed by atoms with Crippen molar-refractivity contribution in [2.75, 3.05) is 0 Å². The molecule has 0 aromatic heterocycles. The molecule has 2 nitrogen and oxygen atoms in total. The molecule has 1 rings (SSSR count). The van der Waals surface area contributed by atoms with E-state index in [2.05, 4.69) is 4.74 Å². The van der Waals surface area contributed by atoms with E-state index in [1.807, 2.05) is 0 Å². The lowest BCUT2D eigenvalue weighted by Crippen LogP contribution is -2.19. The molecule has 16 heavy (non-hydrogen) atoms. The summed E-state index contributed by atoms with van der Waals surface area (Å²) in [6, 6.07) is 0. The summed E-state index contributed by atoms with van der Waals surface area (Å²) >= 11 is 0. The lowest BCUT2D eigenvalue weighted by atomic mass is 9.89. The van der Waals surface area contributed by atoms with Crippen molar-refractivity contribution < 1.29 is 22.7 Å². The first kappa shape index (κ1) is 13.1. The molecule has 92 valence electrons. The molecule has 0 bridgehead atoms. The molecule has 0 aromatic carbocycles. The zero-order valence-electron chi connectivity index (χ0n) is 9.14. The fourth-order valence-electron chi connectivity index (χ4n) is 1.86. The maximum absolute atomic E-state index is 12.5. The van der Waals surface area contributed by atoms with Crippen molar-refractivity contribution in [3.63, 3.8) is 0 Å². The Hall–Kier alpha value is -1.00. The van der Waals surface area contributed by atoms with E-state index < -0.39 is 17.9 Å². The van der Waals surface area contributed by atoms with Gasteiger partial charge in [0.2, 0.25) is 5.76 Å². The molecule has 1 aliphatic carbocycles. The molecule has 0 atom stereocenters. The number of alkyl halides is 3. The van der Waals surface area contributed by atoms with Crippen LogP contribution in [0.1, 0.15) is 39.0 Å². The van der Waals surface area contributed by atoms with Crippen molar-refractivity contribution in [2.45, 2.75) is 45.2 Å². The van der Waals surface area contributed by atoms with E-state index in [0.29, 0.717) is 0 Å². The van der Waals surface area contributed by atoms with Crippen molar-refractivity contribution >= 4 is 5.97 Å². The molecule has 0 saturated heterocycles. The summed E-state index contributed by atoms with van der Waals surface area (Å²) in [6.07, 6.45) is 0.892. The summed E-state index contributed by atoms with van der Waals surface area (Å²) in [4.78, 5) is 10.6. The van der Waals surface area contributed by atoms with Gasteiger partial charge in [0.05, 0.1) is 0 Å². The highest BCUT2D eigenvalue weighted by molar-refractivity contribution is 5.67. The molecule has 0 spiro atoms. The molecule has 1 fully saturated rings. The van der Waals surface area contributed by atoms with Crippen LogP contribution < -0.4 is 0 Å². The normalized spacial score (nSPS) is 19.6. The Morgan fingerprint density at radius 1 is 1.25 bits per heavy atom. The van der Waals surface area contributed by atoms with E-state index in [4.69, 9.17) is 0 Å². The first-order valence-electron chi connectivity index (χ1n) is 5.37. The van der Waals surface area contributed by atoms with Crippen LogP contribution in [0.25, 0.3) is 0 Å². The van der Waals surface area contributed by atoms with Crippen LogP contribution in [0.4, 0.5) is 13.2 Å². The number of halogens is 3. The van der Waals surface area contributed by atoms with Gasteiger partial charge in [0.25, 0.3) is 0 Å². The van der Waals surface area contributed by atoms with E-state index in [1.54, 1.807) is 0 Å². The first-order valence-corrected chi connectivity index (χ1v) is 5.37. The zero-order chi connectivity index (χ0) is 12.2. The number of allylic oxidation sites excluding steroid dienone is 2. The second kappa shape index (κ2) is 5.37. The van der Waals surface area contributed by atoms with Gasteiger partial charge in [0.1, 0.15) is 0 Å².